The highest BCUT2D eigenvalue weighted by molar-refractivity contribution is 4.97. The molecule has 0 heteroatoms. The number of hydrogen-bond acceptors (Lipinski definition) is 0. The van der Waals surface area contributed by atoms with Crippen molar-refractivity contribution in [3.63, 3.8) is 0 Å². The van der Waals surface area contributed by atoms with E-state index in [1.54, 1.807) is 25.7 Å². The van der Waals surface area contributed by atoms with Gasteiger partial charge in [0.05, 0.1) is 0 Å². The maximum absolute atomic E-state index is 2.30. The highest BCUT2D eigenvalue weighted by Crippen LogP contribution is 2.56. The summed E-state index contributed by atoms with van der Waals surface area (Å²) in [7, 11) is 0. The molecule has 0 N–H and O–H groups in total. The van der Waals surface area contributed by atoms with Gasteiger partial charge in [-0.05, 0) is 37.0 Å². The second-order valence-corrected chi connectivity index (χ2v) is 5.20. The molecule has 0 radical (unpaired) electrons. The molecule has 13 heavy (non-hydrogen) atoms. The molecule has 0 spiro atoms. The van der Waals surface area contributed by atoms with Crippen LogP contribution in [0.2, 0.25) is 0 Å². The van der Waals surface area contributed by atoms with Crippen molar-refractivity contribution in [1.29, 1.82) is 0 Å². The molecule has 0 saturated heterocycles. The summed E-state index contributed by atoms with van der Waals surface area (Å²) in [6.45, 7) is 2.30. The van der Waals surface area contributed by atoms with E-state index in [0.717, 1.165) is 5.92 Å². The third-order valence-electron chi connectivity index (χ3n) is 4.17. The normalized spacial score (nSPS) is 36.2. The number of rotatable bonds is 6. The Morgan fingerprint density at radius 3 is 2.46 bits per heavy atom. The van der Waals surface area contributed by atoms with Crippen molar-refractivity contribution in [2.75, 3.05) is 0 Å². The second kappa shape index (κ2) is 4.48. The van der Waals surface area contributed by atoms with Crippen molar-refractivity contribution in [2.24, 2.45) is 17.8 Å². The van der Waals surface area contributed by atoms with E-state index in [9.17, 15) is 0 Å². The van der Waals surface area contributed by atoms with E-state index in [2.05, 4.69) is 6.92 Å². The molecular weight excluding hydrogens is 156 g/mol. The number of hydrogen-bond donors (Lipinski definition) is 0. The maximum Gasteiger partial charge on any atom is -0.0355 e. The summed E-state index contributed by atoms with van der Waals surface area (Å²) >= 11 is 0. The van der Waals surface area contributed by atoms with Gasteiger partial charge in [-0.2, -0.15) is 0 Å². The molecule has 2 rings (SSSR count). The van der Waals surface area contributed by atoms with Crippen LogP contribution in [-0.2, 0) is 0 Å². The fraction of sp³-hybridized carbons (Fsp3) is 1.00. The monoisotopic (exact) mass is 180 g/mol. The van der Waals surface area contributed by atoms with Gasteiger partial charge in [-0.25, -0.2) is 0 Å². The second-order valence-electron chi connectivity index (χ2n) is 5.20. The van der Waals surface area contributed by atoms with Gasteiger partial charge in [-0.15, -0.1) is 0 Å². The van der Waals surface area contributed by atoms with Crippen LogP contribution in [-0.4, -0.2) is 0 Å². The van der Waals surface area contributed by atoms with Gasteiger partial charge in [-0.3, -0.25) is 0 Å². The zero-order chi connectivity index (χ0) is 9.10. The molecule has 2 saturated carbocycles. The zero-order valence-electron chi connectivity index (χ0n) is 9.10. The molecule has 2 fully saturated rings. The van der Waals surface area contributed by atoms with Gasteiger partial charge in [0.25, 0.3) is 0 Å². The summed E-state index contributed by atoms with van der Waals surface area (Å²) in [4.78, 5) is 0. The Kier molecular flexibility index (Phi) is 3.29. The molecule has 0 bridgehead atoms. The molecule has 0 aromatic rings. The standard InChI is InChI=1S/C13H24/c1-2-3-4-5-6-7-11-8-9-12-10-13(11)12/h11-13H,2-10H2,1H3. The van der Waals surface area contributed by atoms with Crippen molar-refractivity contribution in [3.8, 4) is 0 Å². The van der Waals surface area contributed by atoms with Gasteiger partial charge in [-0.1, -0.05) is 45.4 Å². The van der Waals surface area contributed by atoms with E-state index in [1.807, 2.05) is 0 Å². The quantitative estimate of drug-likeness (QED) is 0.532. The van der Waals surface area contributed by atoms with Crippen LogP contribution < -0.4 is 0 Å². The van der Waals surface area contributed by atoms with Gasteiger partial charge in [0.2, 0.25) is 0 Å². The topological polar surface area (TPSA) is 0 Å². The Hall–Kier alpha value is 0. The van der Waals surface area contributed by atoms with Crippen molar-refractivity contribution in [2.45, 2.75) is 64.7 Å². The average Bonchev–Trinajstić information content (AvgIpc) is 2.82. The maximum atomic E-state index is 2.30. The van der Waals surface area contributed by atoms with Crippen LogP contribution >= 0.6 is 0 Å². The molecule has 0 aliphatic heterocycles. The lowest BCUT2D eigenvalue weighted by Crippen LogP contribution is -1.98. The predicted molar refractivity (Wildman–Crippen MR) is 57.7 cm³/mol. The molecule has 0 heterocycles. The zero-order valence-corrected chi connectivity index (χ0v) is 9.10. The molecule has 3 atom stereocenters. The smallest absolute Gasteiger partial charge is 0.0355 e. The fourth-order valence-corrected chi connectivity index (χ4v) is 3.19. The lowest BCUT2D eigenvalue weighted by Gasteiger charge is -2.10. The van der Waals surface area contributed by atoms with Gasteiger partial charge in [0.1, 0.15) is 0 Å². The van der Waals surface area contributed by atoms with Gasteiger partial charge in [0, 0.05) is 0 Å². The van der Waals surface area contributed by atoms with E-state index >= 15 is 0 Å². The molecular formula is C13H24. The first-order valence-corrected chi connectivity index (χ1v) is 6.42. The molecule has 3 unspecified atom stereocenters. The Bertz CT molecular complexity index is 150. The molecule has 0 nitrogen and oxygen atoms in total. The van der Waals surface area contributed by atoms with Crippen LogP contribution in [0, 0.1) is 17.8 Å². The lowest BCUT2D eigenvalue weighted by atomic mass is 9.96. The first-order valence-electron chi connectivity index (χ1n) is 6.42. The molecule has 76 valence electrons. The Labute approximate surface area is 83.1 Å². The van der Waals surface area contributed by atoms with E-state index in [-0.39, 0.29) is 0 Å². The third kappa shape index (κ3) is 2.48. The first-order chi connectivity index (χ1) is 6.42. The van der Waals surface area contributed by atoms with Crippen molar-refractivity contribution >= 4 is 0 Å². The highest BCUT2D eigenvalue weighted by atomic mass is 14.5. The summed E-state index contributed by atoms with van der Waals surface area (Å²) in [5.74, 6) is 3.55. The number of unbranched alkanes of at least 4 members (excludes halogenated alkanes) is 4. The lowest BCUT2D eigenvalue weighted by molar-refractivity contribution is 0.418. The SMILES string of the molecule is CCCCCCCC1CCC2CC12. The van der Waals surface area contributed by atoms with Gasteiger partial charge in [0.15, 0.2) is 0 Å². The van der Waals surface area contributed by atoms with Gasteiger partial charge >= 0.3 is 0 Å². The van der Waals surface area contributed by atoms with Crippen LogP contribution in [0.15, 0.2) is 0 Å². The summed E-state index contributed by atoms with van der Waals surface area (Å²) < 4.78 is 0. The average molecular weight is 180 g/mol. The fourth-order valence-electron chi connectivity index (χ4n) is 3.19. The summed E-state index contributed by atoms with van der Waals surface area (Å²) in [5, 5.41) is 0. The Morgan fingerprint density at radius 2 is 1.85 bits per heavy atom. The van der Waals surface area contributed by atoms with Crippen molar-refractivity contribution in [3.05, 3.63) is 0 Å². The van der Waals surface area contributed by atoms with E-state index in [0.29, 0.717) is 0 Å². The minimum atomic E-state index is 1.16. The van der Waals surface area contributed by atoms with Crippen LogP contribution in [0.4, 0.5) is 0 Å². The van der Waals surface area contributed by atoms with Crippen LogP contribution in [0.3, 0.4) is 0 Å². The molecule has 0 aromatic heterocycles. The predicted octanol–water partition coefficient (Wildman–Crippen LogP) is 4.39. The largest absolute Gasteiger partial charge is 0.0654 e. The minimum absolute atomic E-state index is 1.16. The summed E-state index contributed by atoms with van der Waals surface area (Å²) in [5.41, 5.74) is 0. The molecule has 2 aliphatic carbocycles. The summed E-state index contributed by atoms with van der Waals surface area (Å²) in [6, 6.07) is 0. The van der Waals surface area contributed by atoms with E-state index < -0.39 is 0 Å². The van der Waals surface area contributed by atoms with E-state index in [1.165, 1.54) is 43.9 Å². The molecule has 2 aliphatic rings. The van der Waals surface area contributed by atoms with Crippen molar-refractivity contribution in [1.82, 2.24) is 0 Å². The first kappa shape index (κ1) is 9.55. The number of fused-ring (bicyclic) bond motifs is 1. The van der Waals surface area contributed by atoms with Crippen LogP contribution in [0.5, 0.6) is 0 Å². The Balaban J connectivity index is 1.48. The van der Waals surface area contributed by atoms with Gasteiger partial charge < -0.3 is 0 Å². The minimum Gasteiger partial charge on any atom is -0.0654 e. The van der Waals surface area contributed by atoms with Crippen LogP contribution in [0.1, 0.15) is 64.7 Å². The van der Waals surface area contributed by atoms with Crippen molar-refractivity contribution < 1.29 is 0 Å². The molecule has 0 amide bonds. The highest BCUT2D eigenvalue weighted by Gasteiger charge is 2.47. The molecule has 0 aromatic carbocycles. The Morgan fingerprint density at radius 1 is 1.00 bits per heavy atom. The van der Waals surface area contributed by atoms with Crippen LogP contribution in [0.25, 0.3) is 0 Å². The van der Waals surface area contributed by atoms with E-state index in [4.69, 9.17) is 0 Å². The summed E-state index contributed by atoms with van der Waals surface area (Å²) in [6.07, 6.45) is 13.6. The third-order valence-corrected chi connectivity index (χ3v) is 4.17.